The van der Waals surface area contributed by atoms with Gasteiger partial charge in [-0.2, -0.15) is 5.26 Å². The van der Waals surface area contributed by atoms with Gasteiger partial charge in [0.15, 0.2) is 0 Å². The molecule has 0 saturated carbocycles. The van der Waals surface area contributed by atoms with Crippen molar-refractivity contribution >= 4 is 5.69 Å². The molecule has 0 aliphatic carbocycles. The maximum absolute atomic E-state index is 8.87. The Labute approximate surface area is 92.7 Å². The summed E-state index contributed by atoms with van der Waals surface area (Å²) in [6, 6.07) is 5.60. The van der Waals surface area contributed by atoms with Gasteiger partial charge in [-0.1, -0.05) is 5.16 Å². The van der Waals surface area contributed by atoms with Crippen molar-refractivity contribution in [3.05, 3.63) is 41.5 Å². The molecule has 0 unspecified atom stereocenters. The van der Waals surface area contributed by atoms with E-state index in [-0.39, 0.29) is 0 Å². The number of nitrogens with zero attached hydrogens (tertiary/aromatic N) is 3. The van der Waals surface area contributed by atoms with E-state index in [0.717, 1.165) is 11.5 Å². The van der Waals surface area contributed by atoms with Gasteiger partial charge in [0.1, 0.15) is 17.5 Å². The number of rotatable bonds is 3. The third kappa shape index (κ3) is 2.17. The van der Waals surface area contributed by atoms with Crippen LogP contribution >= 0.6 is 0 Å². The summed E-state index contributed by atoms with van der Waals surface area (Å²) in [5.41, 5.74) is 2.06. The fourth-order valence-electron chi connectivity index (χ4n) is 1.32. The molecule has 0 spiro atoms. The van der Waals surface area contributed by atoms with E-state index in [1.165, 1.54) is 0 Å². The molecule has 0 saturated heterocycles. The number of hydrogen-bond donors (Lipinski definition) is 1. The molecule has 0 amide bonds. The molecule has 80 valence electrons. The molecule has 1 N–H and O–H groups in total. The monoisotopic (exact) mass is 214 g/mol. The topological polar surface area (TPSA) is 74.7 Å². The summed E-state index contributed by atoms with van der Waals surface area (Å²) in [6.45, 7) is 2.35. The second-order valence-electron chi connectivity index (χ2n) is 3.32. The number of hydrogen-bond acceptors (Lipinski definition) is 5. The largest absolute Gasteiger partial charge is 0.377 e. The molecular weight excluding hydrogens is 204 g/mol. The van der Waals surface area contributed by atoms with Crippen LogP contribution in [0, 0.1) is 18.3 Å². The molecule has 2 aromatic heterocycles. The van der Waals surface area contributed by atoms with Crippen molar-refractivity contribution in [2.75, 3.05) is 5.32 Å². The zero-order chi connectivity index (χ0) is 11.4. The Morgan fingerprint density at radius 1 is 1.56 bits per heavy atom. The third-order valence-corrected chi connectivity index (χ3v) is 2.08. The van der Waals surface area contributed by atoms with Gasteiger partial charge in [0.25, 0.3) is 0 Å². The minimum Gasteiger partial charge on any atom is -0.377 e. The number of pyridine rings is 1. The molecule has 0 radical (unpaired) electrons. The minimum atomic E-state index is 0.512. The molecule has 2 aromatic rings. The van der Waals surface area contributed by atoms with Crippen LogP contribution in [-0.4, -0.2) is 10.1 Å². The molecule has 0 fully saturated rings. The van der Waals surface area contributed by atoms with Crippen molar-refractivity contribution in [3.63, 3.8) is 0 Å². The molecule has 5 heteroatoms. The van der Waals surface area contributed by atoms with Crippen LogP contribution in [0.1, 0.15) is 17.0 Å². The van der Waals surface area contributed by atoms with Crippen molar-refractivity contribution < 1.29 is 4.52 Å². The summed E-state index contributed by atoms with van der Waals surface area (Å²) in [7, 11) is 0. The van der Waals surface area contributed by atoms with Crippen molar-refractivity contribution in [1.29, 1.82) is 5.26 Å². The van der Waals surface area contributed by atoms with Crippen LogP contribution in [-0.2, 0) is 6.54 Å². The first-order valence-electron chi connectivity index (χ1n) is 4.80. The van der Waals surface area contributed by atoms with E-state index < -0.39 is 0 Å². The SMILES string of the molecule is Cc1cc(CNc2cnccc2C#N)no1. The number of aromatic nitrogens is 2. The summed E-state index contributed by atoms with van der Waals surface area (Å²) in [4.78, 5) is 3.95. The van der Waals surface area contributed by atoms with Gasteiger partial charge in [-0.3, -0.25) is 4.98 Å². The van der Waals surface area contributed by atoms with E-state index in [1.54, 1.807) is 18.5 Å². The predicted octanol–water partition coefficient (Wildman–Crippen LogP) is 1.86. The first-order valence-corrected chi connectivity index (χ1v) is 4.80. The lowest BCUT2D eigenvalue weighted by Crippen LogP contribution is -2.01. The summed E-state index contributed by atoms with van der Waals surface area (Å²) >= 11 is 0. The number of anilines is 1. The standard InChI is InChI=1S/C11H10N4O/c1-8-4-10(15-16-8)6-14-11-7-13-3-2-9(11)5-12/h2-4,7,14H,6H2,1H3. The van der Waals surface area contributed by atoms with Crippen LogP contribution in [0.25, 0.3) is 0 Å². The number of aryl methyl sites for hydroxylation is 1. The molecule has 2 rings (SSSR count). The number of nitriles is 1. The Morgan fingerprint density at radius 2 is 2.44 bits per heavy atom. The lowest BCUT2D eigenvalue weighted by Gasteiger charge is -2.04. The van der Waals surface area contributed by atoms with E-state index in [9.17, 15) is 0 Å². The summed E-state index contributed by atoms with van der Waals surface area (Å²) in [5.74, 6) is 0.767. The highest BCUT2D eigenvalue weighted by molar-refractivity contribution is 5.55. The fourth-order valence-corrected chi connectivity index (χ4v) is 1.32. The van der Waals surface area contributed by atoms with Gasteiger partial charge >= 0.3 is 0 Å². The van der Waals surface area contributed by atoms with E-state index in [1.807, 2.05) is 13.0 Å². The Bertz CT molecular complexity index is 527. The van der Waals surface area contributed by atoms with E-state index in [2.05, 4.69) is 21.5 Å². The van der Waals surface area contributed by atoms with Crippen molar-refractivity contribution in [2.45, 2.75) is 13.5 Å². The quantitative estimate of drug-likeness (QED) is 0.844. The highest BCUT2D eigenvalue weighted by atomic mass is 16.5. The highest BCUT2D eigenvalue weighted by Gasteiger charge is 2.03. The lowest BCUT2D eigenvalue weighted by molar-refractivity contribution is 0.391. The third-order valence-electron chi connectivity index (χ3n) is 2.08. The maximum atomic E-state index is 8.87. The minimum absolute atomic E-state index is 0.512. The van der Waals surface area contributed by atoms with Crippen molar-refractivity contribution in [1.82, 2.24) is 10.1 Å². The number of nitrogens with one attached hydrogen (secondary N) is 1. The lowest BCUT2D eigenvalue weighted by atomic mass is 10.2. The predicted molar refractivity (Wildman–Crippen MR) is 57.5 cm³/mol. The fraction of sp³-hybridized carbons (Fsp3) is 0.182. The van der Waals surface area contributed by atoms with Gasteiger partial charge in [-0.15, -0.1) is 0 Å². The molecule has 16 heavy (non-hydrogen) atoms. The second kappa shape index (κ2) is 4.45. The molecule has 0 aliphatic rings. The van der Waals surface area contributed by atoms with Gasteiger partial charge in [0.2, 0.25) is 0 Å². The average molecular weight is 214 g/mol. The summed E-state index contributed by atoms with van der Waals surface area (Å²) in [6.07, 6.45) is 3.20. The first-order chi connectivity index (χ1) is 7.79. The normalized spacial score (nSPS) is 9.75. The van der Waals surface area contributed by atoms with E-state index >= 15 is 0 Å². The van der Waals surface area contributed by atoms with E-state index in [4.69, 9.17) is 9.78 Å². The molecule has 2 heterocycles. The van der Waals surface area contributed by atoms with Gasteiger partial charge in [0.05, 0.1) is 24.0 Å². The Hall–Kier alpha value is -2.35. The Balaban J connectivity index is 2.08. The zero-order valence-corrected chi connectivity index (χ0v) is 8.77. The molecule has 5 nitrogen and oxygen atoms in total. The van der Waals surface area contributed by atoms with Gasteiger partial charge in [-0.25, -0.2) is 0 Å². The van der Waals surface area contributed by atoms with Gasteiger partial charge in [-0.05, 0) is 13.0 Å². The highest BCUT2D eigenvalue weighted by Crippen LogP contribution is 2.13. The summed E-state index contributed by atoms with van der Waals surface area (Å²) < 4.78 is 4.94. The molecular formula is C11H10N4O. The first kappa shape index (κ1) is 10.2. The van der Waals surface area contributed by atoms with Crippen LogP contribution < -0.4 is 5.32 Å². The van der Waals surface area contributed by atoms with Crippen LogP contribution in [0.2, 0.25) is 0 Å². The van der Waals surface area contributed by atoms with Gasteiger partial charge < -0.3 is 9.84 Å². The Kier molecular flexibility index (Phi) is 2.83. The van der Waals surface area contributed by atoms with Crippen LogP contribution in [0.15, 0.2) is 29.0 Å². The van der Waals surface area contributed by atoms with Crippen molar-refractivity contribution in [3.8, 4) is 6.07 Å². The molecule has 0 bridgehead atoms. The molecule has 0 aliphatic heterocycles. The zero-order valence-electron chi connectivity index (χ0n) is 8.77. The second-order valence-corrected chi connectivity index (χ2v) is 3.32. The average Bonchev–Trinajstić information content (AvgIpc) is 2.73. The molecule has 0 atom stereocenters. The Morgan fingerprint density at radius 3 is 3.12 bits per heavy atom. The summed E-state index contributed by atoms with van der Waals surface area (Å²) in [5, 5.41) is 15.8. The van der Waals surface area contributed by atoms with E-state index in [0.29, 0.717) is 17.8 Å². The van der Waals surface area contributed by atoms with Crippen LogP contribution in [0.4, 0.5) is 5.69 Å². The molecule has 0 aromatic carbocycles. The maximum Gasteiger partial charge on any atom is 0.133 e. The van der Waals surface area contributed by atoms with Crippen LogP contribution in [0.3, 0.4) is 0 Å². The van der Waals surface area contributed by atoms with Gasteiger partial charge in [0, 0.05) is 12.3 Å². The smallest absolute Gasteiger partial charge is 0.133 e. The van der Waals surface area contributed by atoms with Crippen molar-refractivity contribution in [2.24, 2.45) is 0 Å². The van der Waals surface area contributed by atoms with Crippen LogP contribution in [0.5, 0.6) is 0 Å².